The molecule has 168 valence electrons. The first-order chi connectivity index (χ1) is 16.1. The number of ketones is 1. The molecule has 7 heteroatoms. The van der Waals surface area contributed by atoms with E-state index in [0.717, 1.165) is 46.9 Å². The van der Waals surface area contributed by atoms with Crippen LogP contribution in [-0.4, -0.2) is 44.7 Å². The Bertz CT molecular complexity index is 1240. The van der Waals surface area contributed by atoms with E-state index in [1.165, 1.54) is 10.4 Å². The lowest BCUT2D eigenvalue weighted by atomic mass is 9.99. The summed E-state index contributed by atoms with van der Waals surface area (Å²) in [6.45, 7) is -0.00357. The summed E-state index contributed by atoms with van der Waals surface area (Å²) in [5, 5.41) is 0.832. The smallest absolute Gasteiger partial charge is 0.249 e. The van der Waals surface area contributed by atoms with Crippen LogP contribution in [-0.2, 0) is 17.6 Å². The maximum absolute atomic E-state index is 13.2. The predicted molar refractivity (Wildman–Crippen MR) is 130 cm³/mol. The fraction of sp³-hybridized carbons (Fsp3) is 0.269. The lowest BCUT2D eigenvalue weighted by molar-refractivity contribution is -0.117. The third-order valence-electron chi connectivity index (χ3n) is 6.14. The van der Waals surface area contributed by atoms with Gasteiger partial charge in [-0.25, -0.2) is 0 Å². The Morgan fingerprint density at radius 1 is 1.00 bits per heavy atom. The van der Waals surface area contributed by atoms with E-state index in [0.29, 0.717) is 11.3 Å². The maximum Gasteiger partial charge on any atom is 0.249 e. The summed E-state index contributed by atoms with van der Waals surface area (Å²) in [5.41, 5.74) is 4.59. The monoisotopic (exact) mass is 460 g/mol. The van der Waals surface area contributed by atoms with Crippen LogP contribution >= 0.6 is 11.3 Å². The number of nitrogens with zero attached hydrogens (tertiary/aromatic N) is 2. The third-order valence-corrected chi connectivity index (χ3v) is 7.45. The van der Waals surface area contributed by atoms with Crippen molar-refractivity contribution in [2.45, 2.75) is 19.3 Å². The first kappa shape index (κ1) is 21.4. The van der Waals surface area contributed by atoms with E-state index in [1.807, 2.05) is 24.3 Å². The Labute approximate surface area is 196 Å². The fourth-order valence-electron chi connectivity index (χ4n) is 4.40. The highest BCUT2D eigenvalue weighted by Gasteiger charge is 2.34. The van der Waals surface area contributed by atoms with Gasteiger partial charge in [0.15, 0.2) is 5.78 Å². The molecule has 0 N–H and O–H groups in total. The van der Waals surface area contributed by atoms with Crippen molar-refractivity contribution >= 4 is 33.7 Å². The number of Topliss-reactive ketones (excluding diaryl/α,β-unsaturated/α-hetero) is 1. The average Bonchev–Trinajstić information content (AvgIpc) is 3.41. The van der Waals surface area contributed by atoms with Crippen molar-refractivity contribution in [3.8, 4) is 11.5 Å². The molecular formula is C26H24N2O4S. The maximum atomic E-state index is 13.2. The SMILES string of the molecule is COc1ccc(C(=O)CN2C(=O)CN=C(c3ccc(OC)cc3)c3c2sc2c3CCC2)cc1. The van der Waals surface area contributed by atoms with Crippen LogP contribution in [0, 0.1) is 0 Å². The number of thiophene rings is 1. The number of fused-ring (bicyclic) bond motifs is 3. The van der Waals surface area contributed by atoms with E-state index in [9.17, 15) is 9.59 Å². The Balaban J connectivity index is 1.53. The standard InChI is InChI=1S/C26H24N2O4S/c1-31-18-10-6-16(7-11-18)21(29)15-28-23(30)14-27-25(17-8-12-19(32-2)13-9-17)24-20-4-3-5-22(20)33-26(24)28/h6-13H,3-5,14-15H2,1-2H3. The number of aliphatic imine (C=N–C) groups is 1. The number of carbonyl (C=O) groups is 2. The molecule has 0 atom stereocenters. The molecule has 0 spiro atoms. The van der Waals surface area contributed by atoms with Gasteiger partial charge in [0.1, 0.15) is 23.0 Å². The van der Waals surface area contributed by atoms with Crippen molar-refractivity contribution in [2.24, 2.45) is 4.99 Å². The Kier molecular flexibility index (Phi) is 5.72. The van der Waals surface area contributed by atoms with Crippen LogP contribution in [0.3, 0.4) is 0 Å². The summed E-state index contributed by atoms with van der Waals surface area (Å²) >= 11 is 1.63. The Morgan fingerprint density at radius 2 is 1.67 bits per heavy atom. The Hall–Kier alpha value is -3.45. The van der Waals surface area contributed by atoms with E-state index >= 15 is 0 Å². The van der Waals surface area contributed by atoms with Gasteiger partial charge in [-0.15, -0.1) is 11.3 Å². The molecule has 0 saturated carbocycles. The quantitative estimate of drug-likeness (QED) is 0.514. The van der Waals surface area contributed by atoms with Crippen LogP contribution in [0.5, 0.6) is 11.5 Å². The van der Waals surface area contributed by atoms with Gasteiger partial charge in [-0.3, -0.25) is 19.5 Å². The van der Waals surface area contributed by atoms with Gasteiger partial charge in [0.2, 0.25) is 5.91 Å². The zero-order valence-corrected chi connectivity index (χ0v) is 19.4. The largest absolute Gasteiger partial charge is 0.497 e. The predicted octanol–water partition coefficient (Wildman–Crippen LogP) is 4.32. The summed E-state index contributed by atoms with van der Waals surface area (Å²) in [6.07, 6.45) is 3.06. The molecule has 0 saturated heterocycles. The number of rotatable bonds is 6. The minimum Gasteiger partial charge on any atom is -0.497 e. The summed E-state index contributed by atoms with van der Waals surface area (Å²) < 4.78 is 10.5. The summed E-state index contributed by atoms with van der Waals surface area (Å²) in [6, 6.07) is 14.7. The van der Waals surface area contributed by atoms with E-state index in [4.69, 9.17) is 14.5 Å². The molecule has 1 aromatic heterocycles. The highest BCUT2D eigenvalue weighted by Crippen LogP contribution is 2.43. The number of anilines is 1. The topological polar surface area (TPSA) is 68.2 Å². The zero-order valence-electron chi connectivity index (χ0n) is 18.6. The van der Waals surface area contributed by atoms with Gasteiger partial charge < -0.3 is 9.47 Å². The first-order valence-corrected chi connectivity index (χ1v) is 11.7. The number of aryl methyl sites for hydroxylation is 1. The highest BCUT2D eigenvalue weighted by atomic mass is 32.1. The van der Waals surface area contributed by atoms with Crippen LogP contribution in [0.15, 0.2) is 53.5 Å². The molecule has 0 fully saturated rings. The van der Waals surface area contributed by atoms with E-state index in [1.54, 1.807) is 54.7 Å². The van der Waals surface area contributed by atoms with E-state index in [2.05, 4.69) is 0 Å². The van der Waals surface area contributed by atoms with Gasteiger partial charge in [-0.1, -0.05) is 0 Å². The first-order valence-electron chi connectivity index (χ1n) is 10.9. The summed E-state index contributed by atoms with van der Waals surface area (Å²) in [5.74, 6) is 1.18. The van der Waals surface area contributed by atoms with Crippen LogP contribution in [0.2, 0.25) is 0 Å². The molecule has 3 aromatic rings. The number of amides is 1. The van der Waals surface area contributed by atoms with E-state index < -0.39 is 0 Å². The fourth-order valence-corrected chi connectivity index (χ4v) is 5.81. The molecule has 33 heavy (non-hydrogen) atoms. The van der Waals surface area contributed by atoms with Crippen molar-refractivity contribution in [3.05, 3.63) is 75.7 Å². The number of ether oxygens (including phenoxy) is 2. The molecular weight excluding hydrogens is 436 g/mol. The van der Waals surface area contributed by atoms with Crippen LogP contribution in [0.4, 0.5) is 5.00 Å². The third kappa shape index (κ3) is 3.93. The molecule has 1 aliphatic carbocycles. The number of benzene rings is 2. The van der Waals surface area contributed by atoms with Gasteiger partial charge in [-0.2, -0.15) is 0 Å². The molecule has 6 nitrogen and oxygen atoms in total. The van der Waals surface area contributed by atoms with Crippen LogP contribution in [0.1, 0.15) is 38.3 Å². The summed E-state index contributed by atoms with van der Waals surface area (Å²) in [4.78, 5) is 33.9. The molecule has 2 heterocycles. The minimum absolute atomic E-state index is 0.00737. The van der Waals surface area contributed by atoms with Crippen LogP contribution < -0.4 is 14.4 Å². The molecule has 0 bridgehead atoms. The second-order valence-electron chi connectivity index (χ2n) is 8.06. The van der Waals surface area contributed by atoms with Gasteiger partial charge in [0.25, 0.3) is 0 Å². The minimum atomic E-state index is -0.165. The second kappa shape index (κ2) is 8.83. The average molecular weight is 461 g/mol. The van der Waals surface area contributed by atoms with Crippen molar-refractivity contribution < 1.29 is 19.1 Å². The molecule has 1 amide bonds. The number of hydrogen-bond donors (Lipinski definition) is 0. The van der Waals surface area contributed by atoms with Gasteiger partial charge in [0.05, 0.1) is 26.5 Å². The zero-order chi connectivity index (χ0) is 22.9. The highest BCUT2D eigenvalue weighted by molar-refractivity contribution is 7.17. The van der Waals surface area contributed by atoms with Crippen molar-refractivity contribution in [1.29, 1.82) is 0 Å². The molecule has 0 radical (unpaired) electrons. The molecule has 1 aliphatic heterocycles. The second-order valence-corrected chi connectivity index (χ2v) is 9.15. The van der Waals surface area contributed by atoms with Gasteiger partial charge in [-0.05, 0) is 73.4 Å². The van der Waals surface area contributed by atoms with Crippen LogP contribution in [0.25, 0.3) is 0 Å². The van der Waals surface area contributed by atoms with Crippen molar-refractivity contribution in [1.82, 2.24) is 0 Å². The lowest BCUT2D eigenvalue weighted by Gasteiger charge is -2.20. The summed E-state index contributed by atoms with van der Waals surface area (Å²) in [7, 11) is 3.23. The van der Waals surface area contributed by atoms with Gasteiger partial charge >= 0.3 is 0 Å². The lowest BCUT2D eigenvalue weighted by Crippen LogP contribution is -2.36. The molecule has 2 aromatic carbocycles. The molecule has 2 aliphatic rings. The Morgan fingerprint density at radius 3 is 2.33 bits per heavy atom. The number of carbonyl (C=O) groups excluding carboxylic acids is 2. The number of hydrogen-bond acceptors (Lipinski definition) is 6. The van der Waals surface area contributed by atoms with E-state index in [-0.39, 0.29) is 24.8 Å². The van der Waals surface area contributed by atoms with Crippen molar-refractivity contribution in [3.63, 3.8) is 0 Å². The normalized spacial score (nSPS) is 14.9. The number of methoxy groups -OCH3 is 2. The molecule has 0 unspecified atom stereocenters. The van der Waals surface area contributed by atoms with Crippen molar-refractivity contribution in [2.75, 3.05) is 32.2 Å². The molecule has 5 rings (SSSR count). The van der Waals surface area contributed by atoms with Gasteiger partial charge in [0, 0.05) is 21.6 Å².